The van der Waals surface area contributed by atoms with Crippen LogP contribution in [0.2, 0.25) is 0 Å². The Morgan fingerprint density at radius 1 is 1.25 bits per heavy atom. The molecule has 3 rings (SSSR count). The van der Waals surface area contributed by atoms with Crippen LogP contribution in [0.4, 0.5) is 0 Å². The number of hydrogen-bond donors (Lipinski definition) is 1. The predicted octanol–water partition coefficient (Wildman–Crippen LogP) is 3.17. The fourth-order valence-corrected chi connectivity index (χ4v) is 3.76. The summed E-state index contributed by atoms with van der Waals surface area (Å²) in [6.07, 6.45) is 4.25. The maximum atomic E-state index is 12.7. The number of carbonyl (C=O) groups is 2. The SMILES string of the molecule is CC1=C(C(=O)NCCc2ccccc2)C2(CCC(C)CC2)OC1=O. The molecule has 0 atom stereocenters. The van der Waals surface area contributed by atoms with Gasteiger partial charge in [0, 0.05) is 12.1 Å². The van der Waals surface area contributed by atoms with Gasteiger partial charge >= 0.3 is 5.97 Å². The molecule has 1 aliphatic heterocycles. The number of benzene rings is 1. The average Bonchev–Trinajstić information content (AvgIpc) is 2.82. The number of ether oxygens (including phenoxy) is 1. The number of nitrogens with one attached hydrogen (secondary N) is 1. The standard InChI is InChI=1S/C20H25NO3/c1-14-8-11-20(12-9-14)17(15(2)19(23)24-20)18(22)21-13-10-16-6-4-3-5-7-16/h3-7,14H,8-13H2,1-2H3,(H,21,22). The average molecular weight is 327 g/mol. The van der Waals surface area contributed by atoms with E-state index >= 15 is 0 Å². The van der Waals surface area contributed by atoms with Crippen molar-refractivity contribution in [3.05, 3.63) is 47.0 Å². The Hall–Kier alpha value is -2.10. The number of carbonyl (C=O) groups excluding carboxylic acids is 2. The molecule has 1 aromatic carbocycles. The highest BCUT2D eigenvalue weighted by molar-refractivity contribution is 6.07. The van der Waals surface area contributed by atoms with Crippen LogP contribution in [0.25, 0.3) is 0 Å². The molecule has 2 aliphatic rings. The number of rotatable bonds is 4. The molecule has 0 saturated heterocycles. The molecule has 0 aromatic heterocycles. The summed E-state index contributed by atoms with van der Waals surface area (Å²) in [5.74, 6) is 0.138. The van der Waals surface area contributed by atoms with Crippen LogP contribution in [0, 0.1) is 5.92 Å². The highest BCUT2D eigenvalue weighted by Crippen LogP contribution is 2.45. The van der Waals surface area contributed by atoms with E-state index in [2.05, 4.69) is 12.2 Å². The van der Waals surface area contributed by atoms with Crippen molar-refractivity contribution in [2.75, 3.05) is 6.54 Å². The van der Waals surface area contributed by atoms with E-state index in [9.17, 15) is 9.59 Å². The molecule has 0 radical (unpaired) electrons. The first kappa shape index (κ1) is 16.7. The fourth-order valence-electron chi connectivity index (χ4n) is 3.76. The molecule has 1 aromatic rings. The highest BCUT2D eigenvalue weighted by Gasteiger charge is 2.50. The van der Waals surface area contributed by atoms with Gasteiger partial charge in [0.15, 0.2) is 0 Å². The molecular weight excluding hydrogens is 302 g/mol. The quantitative estimate of drug-likeness (QED) is 0.864. The molecule has 1 heterocycles. The minimum absolute atomic E-state index is 0.149. The zero-order valence-electron chi connectivity index (χ0n) is 14.4. The van der Waals surface area contributed by atoms with E-state index in [1.54, 1.807) is 6.92 Å². The lowest BCUT2D eigenvalue weighted by molar-refractivity contribution is -0.150. The van der Waals surface area contributed by atoms with E-state index in [4.69, 9.17) is 4.74 Å². The van der Waals surface area contributed by atoms with E-state index in [0.29, 0.717) is 23.6 Å². The van der Waals surface area contributed by atoms with E-state index in [0.717, 1.165) is 32.1 Å². The molecule has 1 saturated carbocycles. The Labute approximate surface area is 143 Å². The fraction of sp³-hybridized carbons (Fsp3) is 0.500. The molecule has 4 heteroatoms. The van der Waals surface area contributed by atoms with Gasteiger partial charge in [-0.1, -0.05) is 37.3 Å². The van der Waals surface area contributed by atoms with Gasteiger partial charge in [0.1, 0.15) is 5.60 Å². The van der Waals surface area contributed by atoms with Crippen LogP contribution in [0.15, 0.2) is 41.5 Å². The van der Waals surface area contributed by atoms with Gasteiger partial charge in [-0.05, 0) is 50.5 Å². The predicted molar refractivity (Wildman–Crippen MR) is 92.3 cm³/mol. The molecule has 1 N–H and O–H groups in total. The Kier molecular flexibility index (Phi) is 4.74. The monoisotopic (exact) mass is 327 g/mol. The second kappa shape index (κ2) is 6.80. The van der Waals surface area contributed by atoms with Crippen LogP contribution in [-0.4, -0.2) is 24.0 Å². The summed E-state index contributed by atoms with van der Waals surface area (Å²) >= 11 is 0. The Morgan fingerprint density at radius 3 is 2.58 bits per heavy atom. The van der Waals surface area contributed by atoms with E-state index in [1.807, 2.05) is 30.3 Å². The summed E-state index contributed by atoms with van der Waals surface area (Å²) in [6.45, 7) is 4.47. The molecule has 1 fully saturated rings. The normalized spacial score (nSPS) is 26.6. The summed E-state index contributed by atoms with van der Waals surface area (Å²) in [6, 6.07) is 10.0. The third kappa shape index (κ3) is 3.23. The third-order valence-corrected chi connectivity index (χ3v) is 5.28. The highest BCUT2D eigenvalue weighted by atomic mass is 16.6. The summed E-state index contributed by atoms with van der Waals surface area (Å²) in [5, 5.41) is 2.98. The first-order valence-corrected chi connectivity index (χ1v) is 8.79. The summed E-state index contributed by atoms with van der Waals surface area (Å²) < 4.78 is 5.67. The molecule has 1 amide bonds. The van der Waals surface area contributed by atoms with Crippen LogP contribution in [-0.2, 0) is 20.7 Å². The van der Waals surface area contributed by atoms with Gasteiger partial charge in [-0.15, -0.1) is 0 Å². The minimum atomic E-state index is -0.690. The molecule has 24 heavy (non-hydrogen) atoms. The Bertz CT molecular complexity index is 655. The van der Waals surface area contributed by atoms with Crippen LogP contribution >= 0.6 is 0 Å². The zero-order chi connectivity index (χ0) is 17.2. The van der Waals surface area contributed by atoms with Crippen molar-refractivity contribution in [3.63, 3.8) is 0 Å². The van der Waals surface area contributed by atoms with Crippen molar-refractivity contribution in [2.45, 2.75) is 51.6 Å². The van der Waals surface area contributed by atoms with Crippen LogP contribution in [0.1, 0.15) is 45.1 Å². The van der Waals surface area contributed by atoms with Crippen molar-refractivity contribution in [1.82, 2.24) is 5.32 Å². The van der Waals surface area contributed by atoms with Gasteiger partial charge in [0.05, 0.1) is 5.57 Å². The minimum Gasteiger partial charge on any atom is -0.451 e. The number of hydrogen-bond acceptors (Lipinski definition) is 3. The third-order valence-electron chi connectivity index (χ3n) is 5.28. The van der Waals surface area contributed by atoms with E-state index in [-0.39, 0.29) is 11.9 Å². The topological polar surface area (TPSA) is 55.4 Å². The maximum absolute atomic E-state index is 12.7. The lowest BCUT2D eigenvalue weighted by Gasteiger charge is -2.36. The lowest BCUT2D eigenvalue weighted by Crippen LogP contribution is -2.42. The first-order valence-electron chi connectivity index (χ1n) is 8.79. The number of esters is 1. The van der Waals surface area contributed by atoms with Gasteiger partial charge in [-0.2, -0.15) is 0 Å². The zero-order valence-corrected chi connectivity index (χ0v) is 14.4. The van der Waals surface area contributed by atoms with Gasteiger partial charge in [-0.25, -0.2) is 4.79 Å². The molecule has 1 spiro atoms. The molecule has 0 unspecified atom stereocenters. The summed E-state index contributed by atoms with van der Waals surface area (Å²) in [4.78, 5) is 24.8. The molecule has 0 bridgehead atoms. The lowest BCUT2D eigenvalue weighted by atomic mass is 9.75. The molecule has 4 nitrogen and oxygen atoms in total. The molecular formula is C20H25NO3. The van der Waals surface area contributed by atoms with Gasteiger partial charge < -0.3 is 10.1 Å². The Morgan fingerprint density at radius 2 is 1.92 bits per heavy atom. The van der Waals surface area contributed by atoms with Gasteiger partial charge in [0.2, 0.25) is 0 Å². The van der Waals surface area contributed by atoms with Crippen molar-refractivity contribution < 1.29 is 14.3 Å². The van der Waals surface area contributed by atoms with Gasteiger partial charge in [-0.3, -0.25) is 4.79 Å². The van der Waals surface area contributed by atoms with Gasteiger partial charge in [0.25, 0.3) is 5.91 Å². The number of amides is 1. The maximum Gasteiger partial charge on any atom is 0.335 e. The van der Waals surface area contributed by atoms with Crippen LogP contribution in [0.3, 0.4) is 0 Å². The van der Waals surface area contributed by atoms with E-state index < -0.39 is 5.60 Å². The van der Waals surface area contributed by atoms with Crippen molar-refractivity contribution in [1.29, 1.82) is 0 Å². The summed E-state index contributed by atoms with van der Waals surface area (Å²) in [5.41, 5.74) is 1.53. The first-order chi connectivity index (χ1) is 11.5. The van der Waals surface area contributed by atoms with E-state index in [1.165, 1.54) is 5.56 Å². The van der Waals surface area contributed by atoms with Crippen molar-refractivity contribution >= 4 is 11.9 Å². The Balaban J connectivity index is 1.68. The second-order valence-electron chi connectivity index (χ2n) is 7.06. The van der Waals surface area contributed by atoms with Crippen molar-refractivity contribution in [2.24, 2.45) is 5.92 Å². The smallest absolute Gasteiger partial charge is 0.335 e. The van der Waals surface area contributed by atoms with Crippen LogP contribution in [0.5, 0.6) is 0 Å². The largest absolute Gasteiger partial charge is 0.451 e. The van der Waals surface area contributed by atoms with Crippen LogP contribution < -0.4 is 5.32 Å². The second-order valence-corrected chi connectivity index (χ2v) is 7.06. The molecule has 1 aliphatic carbocycles. The summed E-state index contributed by atoms with van der Waals surface area (Å²) in [7, 11) is 0. The molecule has 128 valence electrons. The van der Waals surface area contributed by atoms with Crippen molar-refractivity contribution in [3.8, 4) is 0 Å².